The van der Waals surface area contributed by atoms with Gasteiger partial charge in [-0.1, -0.05) is 0 Å². The van der Waals surface area contributed by atoms with E-state index in [9.17, 15) is 10.1 Å². The second-order valence-corrected chi connectivity index (χ2v) is 2.79. The molecule has 0 amide bonds. The van der Waals surface area contributed by atoms with Crippen molar-refractivity contribution in [1.29, 1.82) is 0 Å². The number of aromatic nitrogens is 1. The lowest BCUT2D eigenvalue weighted by atomic mass is 10.4. The van der Waals surface area contributed by atoms with Crippen molar-refractivity contribution in [3.63, 3.8) is 0 Å². The Kier molecular flexibility index (Phi) is 2.32. The lowest BCUT2D eigenvalue weighted by Gasteiger charge is -1.82. The van der Waals surface area contributed by atoms with E-state index >= 15 is 0 Å². The minimum atomic E-state index is -0.487. The Hall–Kier alpha value is -1.23. The molecule has 1 rings (SSSR count). The van der Waals surface area contributed by atoms with Crippen LogP contribution in [0.3, 0.4) is 0 Å². The molecule has 0 aliphatic rings. The molecule has 11 heavy (non-hydrogen) atoms. The molecule has 5 heteroatoms. The molecule has 58 valence electrons. The van der Waals surface area contributed by atoms with Gasteiger partial charge < -0.3 is 0 Å². The minimum Gasteiger partial charge on any atom is -0.259 e. The molecule has 1 heterocycles. The van der Waals surface area contributed by atoms with Gasteiger partial charge in [-0.05, 0) is 6.92 Å². The summed E-state index contributed by atoms with van der Waals surface area (Å²) >= 11 is 1.39. The van der Waals surface area contributed by atoms with Crippen molar-refractivity contribution in [2.24, 2.45) is 0 Å². The van der Waals surface area contributed by atoms with Crippen molar-refractivity contribution < 1.29 is 4.92 Å². The fourth-order valence-corrected chi connectivity index (χ4v) is 1.29. The van der Waals surface area contributed by atoms with Crippen molar-refractivity contribution >= 4 is 17.4 Å². The molecule has 0 fully saturated rings. The Balaban J connectivity index is 2.79. The molecule has 0 unspecified atom stereocenters. The maximum Gasteiger partial charge on any atom is 0.235 e. The van der Waals surface area contributed by atoms with Crippen LogP contribution < -0.4 is 0 Å². The highest BCUT2D eigenvalue weighted by atomic mass is 32.1. The standard InChI is InChI=1S/C6H6N2O2S/c1-5-6(11-4-7-5)2-3-8(9)10/h2-4H,1H3/b3-2+. The highest BCUT2D eigenvalue weighted by molar-refractivity contribution is 7.10. The predicted molar refractivity (Wildman–Crippen MR) is 42.9 cm³/mol. The van der Waals surface area contributed by atoms with Crippen molar-refractivity contribution in [3.8, 4) is 0 Å². The average molecular weight is 170 g/mol. The van der Waals surface area contributed by atoms with Gasteiger partial charge in [-0.15, -0.1) is 11.3 Å². The highest BCUT2D eigenvalue weighted by Crippen LogP contribution is 2.13. The summed E-state index contributed by atoms with van der Waals surface area (Å²) in [7, 11) is 0. The molecule has 0 bridgehead atoms. The Labute approximate surface area is 67.3 Å². The number of aryl methyl sites for hydroxylation is 1. The van der Waals surface area contributed by atoms with Gasteiger partial charge >= 0.3 is 0 Å². The monoisotopic (exact) mass is 170 g/mol. The van der Waals surface area contributed by atoms with Crippen LogP contribution in [0.1, 0.15) is 10.6 Å². The van der Waals surface area contributed by atoms with Gasteiger partial charge in [0.1, 0.15) is 0 Å². The molecule has 1 aromatic rings. The molecule has 1 aromatic heterocycles. The summed E-state index contributed by atoms with van der Waals surface area (Å²) in [5, 5.41) is 9.91. The lowest BCUT2D eigenvalue weighted by Crippen LogP contribution is -1.81. The first-order valence-corrected chi connectivity index (χ1v) is 3.80. The number of nitro groups is 1. The molecule has 0 spiro atoms. The van der Waals surface area contributed by atoms with E-state index in [1.54, 1.807) is 5.51 Å². The molecule has 0 atom stereocenters. The third-order valence-electron chi connectivity index (χ3n) is 1.13. The highest BCUT2D eigenvalue weighted by Gasteiger charge is 1.97. The van der Waals surface area contributed by atoms with Crippen molar-refractivity contribution in [2.75, 3.05) is 0 Å². The third-order valence-corrected chi connectivity index (χ3v) is 2.03. The van der Waals surface area contributed by atoms with Crippen LogP contribution in [0.4, 0.5) is 0 Å². The zero-order valence-corrected chi connectivity index (χ0v) is 6.67. The predicted octanol–water partition coefficient (Wildman–Crippen LogP) is 1.70. The second kappa shape index (κ2) is 3.25. The minimum absolute atomic E-state index is 0.487. The quantitative estimate of drug-likeness (QED) is 0.501. The van der Waals surface area contributed by atoms with Crippen molar-refractivity contribution in [1.82, 2.24) is 4.98 Å². The van der Waals surface area contributed by atoms with Crippen LogP contribution in [0.2, 0.25) is 0 Å². The van der Waals surface area contributed by atoms with Gasteiger partial charge in [0.05, 0.1) is 21.0 Å². The molecule has 0 radical (unpaired) electrons. The molecule has 0 aliphatic heterocycles. The van der Waals surface area contributed by atoms with Gasteiger partial charge in [0.15, 0.2) is 0 Å². The topological polar surface area (TPSA) is 56.0 Å². The average Bonchev–Trinajstić information content (AvgIpc) is 2.31. The summed E-state index contributed by atoms with van der Waals surface area (Å²) in [4.78, 5) is 14.2. The van der Waals surface area contributed by atoms with Crippen LogP contribution in [0.5, 0.6) is 0 Å². The van der Waals surface area contributed by atoms with Gasteiger partial charge in [-0.2, -0.15) is 0 Å². The summed E-state index contributed by atoms with van der Waals surface area (Å²) in [6, 6.07) is 0. The number of rotatable bonds is 2. The van der Waals surface area contributed by atoms with Gasteiger partial charge in [0.25, 0.3) is 0 Å². The van der Waals surface area contributed by atoms with Crippen molar-refractivity contribution in [3.05, 3.63) is 32.4 Å². The van der Waals surface area contributed by atoms with E-state index in [-0.39, 0.29) is 0 Å². The first-order valence-electron chi connectivity index (χ1n) is 2.92. The molecule has 0 aromatic carbocycles. The molecule has 0 aliphatic carbocycles. The zero-order chi connectivity index (χ0) is 8.27. The Morgan fingerprint density at radius 3 is 3.00 bits per heavy atom. The van der Waals surface area contributed by atoms with Crippen LogP contribution >= 0.6 is 11.3 Å². The fraction of sp³-hybridized carbons (Fsp3) is 0.167. The maximum absolute atomic E-state index is 9.91. The molecule has 0 saturated carbocycles. The first kappa shape index (κ1) is 7.87. The number of hydrogen-bond donors (Lipinski definition) is 0. The van der Waals surface area contributed by atoms with Gasteiger partial charge in [0, 0.05) is 6.08 Å². The van der Waals surface area contributed by atoms with E-state index < -0.39 is 4.92 Å². The summed E-state index contributed by atoms with van der Waals surface area (Å²) in [6.45, 7) is 1.82. The molecule has 0 saturated heterocycles. The summed E-state index contributed by atoms with van der Waals surface area (Å²) in [5.41, 5.74) is 2.49. The van der Waals surface area contributed by atoms with E-state index in [0.717, 1.165) is 16.8 Å². The number of thiazole rings is 1. The van der Waals surface area contributed by atoms with Crippen LogP contribution in [0, 0.1) is 17.0 Å². The summed E-state index contributed by atoms with van der Waals surface area (Å²) in [5.74, 6) is 0. The van der Waals surface area contributed by atoms with Crippen LogP contribution in [0.15, 0.2) is 11.7 Å². The SMILES string of the molecule is Cc1ncsc1/C=C/[N+](=O)[O-]. The smallest absolute Gasteiger partial charge is 0.235 e. The largest absolute Gasteiger partial charge is 0.259 e. The van der Waals surface area contributed by atoms with Crippen LogP contribution in [-0.4, -0.2) is 9.91 Å². The Morgan fingerprint density at radius 1 is 1.82 bits per heavy atom. The van der Waals surface area contributed by atoms with E-state index in [1.807, 2.05) is 6.92 Å². The first-order chi connectivity index (χ1) is 5.20. The molecule has 0 N–H and O–H groups in total. The molecular weight excluding hydrogens is 164 g/mol. The van der Waals surface area contributed by atoms with E-state index in [0.29, 0.717) is 0 Å². The van der Waals surface area contributed by atoms with Crippen molar-refractivity contribution in [2.45, 2.75) is 6.92 Å². The molecular formula is C6H6N2O2S. The normalized spacial score (nSPS) is 10.6. The van der Waals surface area contributed by atoms with E-state index in [2.05, 4.69) is 4.98 Å². The summed E-state index contributed by atoms with van der Waals surface area (Å²) < 4.78 is 0. The van der Waals surface area contributed by atoms with Gasteiger partial charge in [0.2, 0.25) is 6.20 Å². The Bertz CT molecular complexity index is 293. The lowest BCUT2D eigenvalue weighted by molar-refractivity contribution is -0.400. The van der Waals surface area contributed by atoms with Gasteiger partial charge in [-0.25, -0.2) is 4.98 Å². The van der Waals surface area contributed by atoms with E-state index in [1.165, 1.54) is 17.4 Å². The zero-order valence-electron chi connectivity index (χ0n) is 5.85. The van der Waals surface area contributed by atoms with Crippen LogP contribution in [0.25, 0.3) is 6.08 Å². The van der Waals surface area contributed by atoms with E-state index in [4.69, 9.17) is 0 Å². The maximum atomic E-state index is 9.91. The van der Waals surface area contributed by atoms with Gasteiger partial charge in [-0.3, -0.25) is 10.1 Å². The second-order valence-electron chi connectivity index (χ2n) is 1.90. The van der Waals surface area contributed by atoms with Crippen LogP contribution in [-0.2, 0) is 0 Å². The Morgan fingerprint density at radius 2 is 2.55 bits per heavy atom. The fourth-order valence-electron chi connectivity index (χ4n) is 0.600. The number of nitrogens with zero attached hydrogens (tertiary/aromatic N) is 2. The molecule has 4 nitrogen and oxygen atoms in total. The summed E-state index contributed by atoms with van der Waals surface area (Å²) in [6.07, 6.45) is 2.37. The number of hydrogen-bond acceptors (Lipinski definition) is 4. The third kappa shape index (κ3) is 2.12.